The maximum absolute atomic E-state index is 11.7. The number of methoxy groups -OCH3 is 1. The molecule has 2 aromatic rings. The molecule has 0 saturated carbocycles. The first-order valence-corrected chi connectivity index (χ1v) is 7.49. The van der Waals surface area contributed by atoms with E-state index in [0.717, 1.165) is 0 Å². The van der Waals surface area contributed by atoms with Gasteiger partial charge in [0.05, 0.1) is 12.1 Å². The van der Waals surface area contributed by atoms with Crippen LogP contribution in [0.3, 0.4) is 0 Å². The number of ether oxygens (including phenoxy) is 2. The molecule has 130 valence electrons. The first-order chi connectivity index (χ1) is 12.0. The smallest absolute Gasteiger partial charge is 0.331 e. The van der Waals surface area contributed by atoms with Crippen LogP contribution in [0.1, 0.15) is 5.56 Å². The van der Waals surface area contributed by atoms with E-state index in [4.69, 9.17) is 21.1 Å². The van der Waals surface area contributed by atoms with E-state index in [0.29, 0.717) is 16.4 Å². The summed E-state index contributed by atoms with van der Waals surface area (Å²) in [6, 6.07) is 7.69. The number of hydrogen-bond donors (Lipinski definition) is 2. The number of pyridine rings is 1. The lowest BCUT2D eigenvalue weighted by molar-refractivity contribution is -0.142. The standard InChI is InChI=1S/C17H15ClN2O5/c1-24-14-8-11(2-5-13(14)21)3-7-17(23)25-10-16(22)20-15-6-4-12(18)9-19-15/h2-9,21H,10H2,1H3,(H,19,20,22)/b7-3+. The minimum atomic E-state index is -0.689. The van der Waals surface area contributed by atoms with Crippen LogP contribution in [0.25, 0.3) is 6.08 Å². The number of amides is 1. The SMILES string of the molecule is COc1cc(/C=C/C(=O)OCC(=O)Nc2ccc(Cl)cn2)ccc1O. The van der Waals surface area contributed by atoms with Crippen molar-refractivity contribution in [1.29, 1.82) is 0 Å². The Morgan fingerprint density at radius 3 is 2.80 bits per heavy atom. The molecule has 0 aliphatic heterocycles. The average molecular weight is 363 g/mol. The summed E-state index contributed by atoms with van der Waals surface area (Å²) in [5.74, 6) is -0.633. The first-order valence-electron chi connectivity index (χ1n) is 7.11. The number of anilines is 1. The minimum absolute atomic E-state index is 0.00490. The third-order valence-electron chi connectivity index (χ3n) is 2.96. The predicted molar refractivity (Wildman–Crippen MR) is 92.5 cm³/mol. The van der Waals surface area contributed by atoms with Gasteiger partial charge in [0, 0.05) is 12.3 Å². The number of aromatic hydroxyl groups is 1. The van der Waals surface area contributed by atoms with Crippen LogP contribution in [0.4, 0.5) is 5.82 Å². The van der Waals surface area contributed by atoms with Crippen LogP contribution in [0.5, 0.6) is 11.5 Å². The molecule has 0 unspecified atom stereocenters. The summed E-state index contributed by atoms with van der Waals surface area (Å²) in [4.78, 5) is 27.2. The molecule has 2 rings (SSSR count). The van der Waals surface area contributed by atoms with Crippen LogP contribution < -0.4 is 10.1 Å². The molecule has 1 aromatic carbocycles. The summed E-state index contributed by atoms with van der Waals surface area (Å²) < 4.78 is 9.80. The number of hydrogen-bond acceptors (Lipinski definition) is 6. The zero-order valence-electron chi connectivity index (χ0n) is 13.2. The monoisotopic (exact) mass is 362 g/mol. The Hall–Kier alpha value is -3.06. The Kier molecular flexibility index (Phi) is 6.36. The summed E-state index contributed by atoms with van der Waals surface area (Å²) in [5, 5.41) is 12.4. The maximum Gasteiger partial charge on any atom is 0.331 e. The average Bonchev–Trinajstić information content (AvgIpc) is 2.61. The third kappa shape index (κ3) is 5.82. The van der Waals surface area contributed by atoms with E-state index in [-0.39, 0.29) is 11.5 Å². The molecule has 0 radical (unpaired) electrons. The molecule has 7 nitrogen and oxygen atoms in total. The third-order valence-corrected chi connectivity index (χ3v) is 3.18. The highest BCUT2D eigenvalue weighted by Gasteiger charge is 2.07. The molecular formula is C17H15ClN2O5. The normalized spacial score (nSPS) is 10.5. The number of carbonyl (C=O) groups is 2. The van der Waals surface area contributed by atoms with Crippen molar-refractivity contribution in [2.45, 2.75) is 0 Å². The highest BCUT2D eigenvalue weighted by atomic mass is 35.5. The molecule has 0 bridgehead atoms. The number of halogens is 1. The fraction of sp³-hybridized carbons (Fsp3) is 0.118. The zero-order valence-corrected chi connectivity index (χ0v) is 14.0. The van der Waals surface area contributed by atoms with E-state index >= 15 is 0 Å². The van der Waals surface area contributed by atoms with E-state index in [9.17, 15) is 14.7 Å². The summed E-state index contributed by atoms with van der Waals surface area (Å²) >= 11 is 5.69. The van der Waals surface area contributed by atoms with Gasteiger partial charge in [-0.25, -0.2) is 9.78 Å². The quantitative estimate of drug-likeness (QED) is 0.605. The Labute approximate surface area is 148 Å². The number of benzene rings is 1. The molecule has 25 heavy (non-hydrogen) atoms. The number of rotatable bonds is 6. The van der Waals surface area contributed by atoms with Gasteiger partial charge in [0.1, 0.15) is 5.82 Å². The minimum Gasteiger partial charge on any atom is -0.504 e. The second-order valence-electron chi connectivity index (χ2n) is 4.78. The molecule has 1 heterocycles. The highest BCUT2D eigenvalue weighted by Crippen LogP contribution is 2.26. The molecule has 0 aliphatic carbocycles. The van der Waals surface area contributed by atoms with Gasteiger partial charge in [-0.3, -0.25) is 4.79 Å². The van der Waals surface area contributed by atoms with Crippen molar-refractivity contribution in [2.75, 3.05) is 19.0 Å². The Morgan fingerprint density at radius 2 is 2.12 bits per heavy atom. The number of nitrogens with zero attached hydrogens (tertiary/aromatic N) is 1. The molecule has 0 atom stereocenters. The largest absolute Gasteiger partial charge is 0.504 e. The van der Waals surface area contributed by atoms with Crippen LogP contribution >= 0.6 is 11.6 Å². The van der Waals surface area contributed by atoms with Crippen LogP contribution in [-0.4, -0.2) is 35.7 Å². The van der Waals surface area contributed by atoms with Crippen molar-refractivity contribution >= 4 is 35.4 Å². The van der Waals surface area contributed by atoms with Crippen molar-refractivity contribution in [3.8, 4) is 11.5 Å². The summed E-state index contributed by atoms with van der Waals surface area (Å²) in [6.45, 7) is -0.452. The number of carbonyl (C=O) groups excluding carboxylic acids is 2. The molecule has 2 N–H and O–H groups in total. The molecular weight excluding hydrogens is 348 g/mol. The molecule has 1 aromatic heterocycles. The van der Waals surface area contributed by atoms with Crippen LogP contribution in [0.2, 0.25) is 5.02 Å². The van der Waals surface area contributed by atoms with E-state index in [1.807, 2.05) is 0 Å². The fourth-order valence-electron chi connectivity index (χ4n) is 1.78. The summed E-state index contributed by atoms with van der Waals surface area (Å²) in [6.07, 6.45) is 4.03. The lowest BCUT2D eigenvalue weighted by Gasteiger charge is -2.05. The summed E-state index contributed by atoms with van der Waals surface area (Å²) in [7, 11) is 1.42. The van der Waals surface area contributed by atoms with E-state index < -0.39 is 18.5 Å². The maximum atomic E-state index is 11.7. The van der Waals surface area contributed by atoms with Crippen molar-refractivity contribution in [1.82, 2.24) is 4.98 Å². The van der Waals surface area contributed by atoms with Crippen molar-refractivity contribution in [2.24, 2.45) is 0 Å². The Morgan fingerprint density at radius 1 is 1.32 bits per heavy atom. The van der Waals surface area contributed by atoms with Crippen molar-refractivity contribution in [3.63, 3.8) is 0 Å². The lowest BCUT2D eigenvalue weighted by atomic mass is 10.2. The topological polar surface area (TPSA) is 97.8 Å². The first kappa shape index (κ1) is 18.3. The number of esters is 1. The van der Waals surface area contributed by atoms with Crippen LogP contribution in [0, 0.1) is 0 Å². The summed E-state index contributed by atoms with van der Waals surface area (Å²) in [5.41, 5.74) is 0.626. The molecule has 0 saturated heterocycles. The number of phenolic OH excluding ortho intramolecular Hbond substituents is 1. The number of phenols is 1. The van der Waals surface area contributed by atoms with Gasteiger partial charge in [0.25, 0.3) is 5.91 Å². The zero-order chi connectivity index (χ0) is 18.2. The van der Waals surface area contributed by atoms with Gasteiger partial charge < -0.3 is 19.9 Å². The van der Waals surface area contributed by atoms with E-state index in [1.54, 1.807) is 18.2 Å². The molecule has 0 aliphatic rings. The predicted octanol–water partition coefficient (Wildman–Crippen LogP) is 2.64. The number of aromatic nitrogens is 1. The fourth-order valence-corrected chi connectivity index (χ4v) is 1.89. The van der Waals surface area contributed by atoms with Crippen LogP contribution in [0.15, 0.2) is 42.6 Å². The van der Waals surface area contributed by atoms with Gasteiger partial charge >= 0.3 is 5.97 Å². The van der Waals surface area contributed by atoms with Gasteiger partial charge in [0.2, 0.25) is 0 Å². The van der Waals surface area contributed by atoms with Gasteiger partial charge in [0.15, 0.2) is 18.1 Å². The lowest BCUT2D eigenvalue weighted by Crippen LogP contribution is -2.20. The second-order valence-corrected chi connectivity index (χ2v) is 5.22. The van der Waals surface area contributed by atoms with Gasteiger partial charge in [-0.2, -0.15) is 0 Å². The molecule has 0 spiro atoms. The van der Waals surface area contributed by atoms with E-state index in [2.05, 4.69) is 10.3 Å². The molecule has 1 amide bonds. The number of nitrogens with one attached hydrogen (secondary N) is 1. The highest BCUT2D eigenvalue weighted by molar-refractivity contribution is 6.30. The Bertz CT molecular complexity index is 790. The van der Waals surface area contributed by atoms with E-state index in [1.165, 1.54) is 37.6 Å². The second kappa shape index (κ2) is 8.70. The van der Waals surface area contributed by atoms with Gasteiger partial charge in [-0.05, 0) is 35.9 Å². The van der Waals surface area contributed by atoms with Gasteiger partial charge in [-0.15, -0.1) is 0 Å². The van der Waals surface area contributed by atoms with Crippen molar-refractivity contribution in [3.05, 3.63) is 53.2 Å². The molecule has 0 fully saturated rings. The molecule has 8 heteroatoms. The van der Waals surface area contributed by atoms with Gasteiger partial charge in [-0.1, -0.05) is 17.7 Å². The van der Waals surface area contributed by atoms with Crippen molar-refractivity contribution < 1.29 is 24.2 Å². The van der Waals surface area contributed by atoms with Crippen LogP contribution in [-0.2, 0) is 14.3 Å². The Balaban J connectivity index is 1.83.